The summed E-state index contributed by atoms with van der Waals surface area (Å²) in [6.07, 6.45) is 2.19. The standard InChI is InChI=1S/C14H16N2O2/c1-10-3-4-11(2)12(7-10)13(17)8-16-9-15-6-5-14(16)18/h3-7,9,13,17H,8H2,1-2H3. The minimum Gasteiger partial charge on any atom is -0.387 e. The summed E-state index contributed by atoms with van der Waals surface area (Å²) in [6, 6.07) is 7.30. The quantitative estimate of drug-likeness (QED) is 0.892. The highest BCUT2D eigenvalue weighted by molar-refractivity contribution is 5.32. The molecule has 0 bridgehead atoms. The fraction of sp³-hybridized carbons (Fsp3) is 0.286. The highest BCUT2D eigenvalue weighted by Gasteiger charge is 2.11. The molecule has 4 nitrogen and oxygen atoms in total. The molecule has 0 radical (unpaired) electrons. The second-order valence-corrected chi connectivity index (χ2v) is 4.45. The average molecular weight is 244 g/mol. The Bertz CT molecular complexity index is 605. The van der Waals surface area contributed by atoms with Gasteiger partial charge in [-0.1, -0.05) is 23.8 Å². The Morgan fingerprint density at radius 2 is 2.11 bits per heavy atom. The van der Waals surface area contributed by atoms with E-state index in [0.29, 0.717) is 0 Å². The summed E-state index contributed by atoms with van der Waals surface area (Å²) in [4.78, 5) is 15.4. The van der Waals surface area contributed by atoms with Gasteiger partial charge in [0.15, 0.2) is 0 Å². The minimum atomic E-state index is -0.702. The van der Waals surface area contributed by atoms with Gasteiger partial charge < -0.3 is 5.11 Å². The molecule has 2 rings (SSSR count). The second kappa shape index (κ2) is 5.14. The molecule has 0 aliphatic carbocycles. The Labute approximate surface area is 106 Å². The third-order valence-electron chi connectivity index (χ3n) is 2.96. The van der Waals surface area contributed by atoms with E-state index in [1.54, 1.807) is 0 Å². The van der Waals surface area contributed by atoms with Crippen molar-refractivity contribution >= 4 is 0 Å². The molecule has 0 amide bonds. The van der Waals surface area contributed by atoms with Crippen LogP contribution < -0.4 is 5.56 Å². The first-order valence-corrected chi connectivity index (χ1v) is 5.83. The summed E-state index contributed by atoms with van der Waals surface area (Å²) in [5.41, 5.74) is 2.80. The van der Waals surface area contributed by atoms with Crippen molar-refractivity contribution in [1.82, 2.24) is 9.55 Å². The number of benzene rings is 1. The minimum absolute atomic E-state index is 0.158. The molecule has 1 aromatic carbocycles. The van der Waals surface area contributed by atoms with Crippen molar-refractivity contribution in [1.29, 1.82) is 0 Å². The first-order chi connectivity index (χ1) is 8.58. The number of nitrogens with zero attached hydrogens (tertiary/aromatic N) is 2. The number of aliphatic hydroxyl groups is 1. The van der Waals surface area contributed by atoms with Gasteiger partial charge in [-0.25, -0.2) is 4.98 Å². The fourth-order valence-corrected chi connectivity index (χ4v) is 1.92. The van der Waals surface area contributed by atoms with Crippen LogP contribution in [0.15, 0.2) is 41.6 Å². The van der Waals surface area contributed by atoms with Crippen LogP contribution in [0.1, 0.15) is 22.8 Å². The van der Waals surface area contributed by atoms with E-state index in [1.165, 1.54) is 23.2 Å². The van der Waals surface area contributed by atoms with Crippen LogP contribution in [0.25, 0.3) is 0 Å². The summed E-state index contributed by atoms with van der Waals surface area (Å²) in [5.74, 6) is 0. The average Bonchev–Trinajstić information content (AvgIpc) is 2.35. The van der Waals surface area contributed by atoms with Crippen molar-refractivity contribution in [3.8, 4) is 0 Å². The van der Waals surface area contributed by atoms with Crippen LogP contribution in [0.4, 0.5) is 0 Å². The first-order valence-electron chi connectivity index (χ1n) is 5.83. The van der Waals surface area contributed by atoms with Crippen LogP contribution in [0, 0.1) is 13.8 Å². The highest BCUT2D eigenvalue weighted by atomic mass is 16.3. The molecular formula is C14H16N2O2. The lowest BCUT2D eigenvalue weighted by Gasteiger charge is -2.15. The van der Waals surface area contributed by atoms with Gasteiger partial charge in [-0.3, -0.25) is 9.36 Å². The Balaban J connectivity index is 2.27. The third kappa shape index (κ3) is 2.65. The molecule has 0 saturated carbocycles. The zero-order chi connectivity index (χ0) is 13.1. The molecule has 0 spiro atoms. The van der Waals surface area contributed by atoms with Crippen molar-refractivity contribution in [2.24, 2.45) is 0 Å². The maximum Gasteiger partial charge on any atom is 0.253 e. The molecule has 0 aliphatic heterocycles. The van der Waals surface area contributed by atoms with Gasteiger partial charge in [0.1, 0.15) is 0 Å². The van der Waals surface area contributed by atoms with Crippen LogP contribution in [-0.2, 0) is 6.54 Å². The zero-order valence-electron chi connectivity index (χ0n) is 10.5. The topological polar surface area (TPSA) is 55.1 Å². The van der Waals surface area contributed by atoms with Gasteiger partial charge in [-0.05, 0) is 25.0 Å². The van der Waals surface area contributed by atoms with Gasteiger partial charge in [0.05, 0.1) is 19.0 Å². The van der Waals surface area contributed by atoms with Gasteiger partial charge in [-0.2, -0.15) is 0 Å². The Hall–Kier alpha value is -1.94. The van der Waals surface area contributed by atoms with E-state index in [9.17, 15) is 9.90 Å². The molecule has 1 atom stereocenters. The predicted molar refractivity (Wildman–Crippen MR) is 69.4 cm³/mol. The Morgan fingerprint density at radius 1 is 1.33 bits per heavy atom. The molecule has 4 heteroatoms. The van der Waals surface area contributed by atoms with E-state index in [1.807, 2.05) is 32.0 Å². The molecule has 2 aromatic rings. The Morgan fingerprint density at radius 3 is 2.83 bits per heavy atom. The molecule has 1 unspecified atom stereocenters. The largest absolute Gasteiger partial charge is 0.387 e. The number of rotatable bonds is 3. The van der Waals surface area contributed by atoms with Crippen LogP contribution in [0.5, 0.6) is 0 Å². The highest BCUT2D eigenvalue weighted by Crippen LogP contribution is 2.20. The van der Waals surface area contributed by atoms with Crippen molar-refractivity contribution in [2.75, 3.05) is 0 Å². The van der Waals surface area contributed by atoms with Crippen LogP contribution in [0.3, 0.4) is 0 Å². The van der Waals surface area contributed by atoms with Crippen molar-refractivity contribution in [2.45, 2.75) is 26.5 Å². The number of aromatic nitrogens is 2. The zero-order valence-corrected chi connectivity index (χ0v) is 10.5. The van der Waals surface area contributed by atoms with Crippen molar-refractivity contribution in [3.63, 3.8) is 0 Å². The number of hydrogen-bond acceptors (Lipinski definition) is 3. The first kappa shape index (κ1) is 12.5. The van der Waals surface area contributed by atoms with Crippen LogP contribution in [0.2, 0.25) is 0 Å². The van der Waals surface area contributed by atoms with Crippen molar-refractivity contribution in [3.05, 3.63) is 63.8 Å². The maximum atomic E-state index is 11.5. The molecule has 0 aliphatic rings. The van der Waals surface area contributed by atoms with Gasteiger partial charge >= 0.3 is 0 Å². The monoisotopic (exact) mass is 244 g/mol. The normalized spacial score (nSPS) is 12.4. The maximum absolute atomic E-state index is 11.5. The molecule has 94 valence electrons. The summed E-state index contributed by atoms with van der Waals surface area (Å²) < 4.78 is 1.41. The Kier molecular flexibility index (Phi) is 3.58. The summed E-state index contributed by atoms with van der Waals surface area (Å²) >= 11 is 0. The van der Waals surface area contributed by atoms with Crippen molar-refractivity contribution < 1.29 is 5.11 Å². The van der Waals surface area contributed by atoms with Gasteiger partial charge in [0.25, 0.3) is 5.56 Å². The number of hydrogen-bond donors (Lipinski definition) is 1. The van der Waals surface area contributed by atoms with Gasteiger partial charge in [0, 0.05) is 12.3 Å². The van der Waals surface area contributed by atoms with E-state index >= 15 is 0 Å². The molecular weight excluding hydrogens is 228 g/mol. The smallest absolute Gasteiger partial charge is 0.253 e. The lowest BCUT2D eigenvalue weighted by Crippen LogP contribution is -2.22. The number of aliphatic hydroxyl groups excluding tert-OH is 1. The van der Waals surface area contributed by atoms with E-state index in [4.69, 9.17) is 0 Å². The molecule has 0 saturated heterocycles. The van der Waals surface area contributed by atoms with E-state index < -0.39 is 6.10 Å². The third-order valence-corrected chi connectivity index (χ3v) is 2.96. The SMILES string of the molecule is Cc1ccc(C)c(C(O)Cn2cnccc2=O)c1. The van der Waals surface area contributed by atoms with Crippen LogP contribution >= 0.6 is 0 Å². The van der Waals surface area contributed by atoms with E-state index in [-0.39, 0.29) is 12.1 Å². The molecule has 0 fully saturated rings. The van der Waals surface area contributed by atoms with E-state index in [2.05, 4.69) is 4.98 Å². The molecule has 18 heavy (non-hydrogen) atoms. The predicted octanol–water partition coefficient (Wildman–Crippen LogP) is 1.59. The fourth-order valence-electron chi connectivity index (χ4n) is 1.92. The number of aryl methyl sites for hydroxylation is 2. The summed E-state index contributed by atoms with van der Waals surface area (Å²) in [5, 5.41) is 10.2. The van der Waals surface area contributed by atoms with Gasteiger partial charge in [-0.15, -0.1) is 0 Å². The van der Waals surface area contributed by atoms with Crippen LogP contribution in [-0.4, -0.2) is 14.7 Å². The molecule has 1 N–H and O–H groups in total. The molecule has 1 heterocycles. The summed E-state index contributed by atoms with van der Waals surface area (Å²) in [7, 11) is 0. The van der Waals surface area contributed by atoms with Gasteiger partial charge in [0.2, 0.25) is 0 Å². The molecule has 1 aromatic heterocycles. The van der Waals surface area contributed by atoms with E-state index in [0.717, 1.165) is 16.7 Å². The second-order valence-electron chi connectivity index (χ2n) is 4.45. The summed E-state index contributed by atoms with van der Waals surface area (Å²) in [6.45, 7) is 4.15. The lowest BCUT2D eigenvalue weighted by atomic mass is 10.0. The lowest BCUT2D eigenvalue weighted by molar-refractivity contribution is 0.154.